The van der Waals surface area contributed by atoms with Crippen LogP contribution in [0.5, 0.6) is 0 Å². The molecule has 28 heavy (non-hydrogen) atoms. The summed E-state index contributed by atoms with van der Waals surface area (Å²) in [4.78, 5) is 21.0. The van der Waals surface area contributed by atoms with Gasteiger partial charge in [-0.2, -0.15) is 0 Å². The first kappa shape index (κ1) is 18.2. The second-order valence-corrected chi connectivity index (χ2v) is 6.98. The van der Waals surface area contributed by atoms with Crippen molar-refractivity contribution < 1.29 is 9.53 Å². The summed E-state index contributed by atoms with van der Waals surface area (Å²) in [6.45, 7) is 0.731. The highest BCUT2D eigenvalue weighted by Gasteiger charge is 2.22. The largest absolute Gasteiger partial charge is 0.465 e. The Hall–Kier alpha value is -3.21. The smallest absolute Gasteiger partial charge is 0.340 e. The van der Waals surface area contributed by atoms with Crippen LogP contribution in [-0.2, 0) is 11.2 Å². The van der Waals surface area contributed by atoms with Gasteiger partial charge in [0.25, 0.3) is 0 Å². The number of rotatable bonds is 5. The van der Waals surface area contributed by atoms with Gasteiger partial charge >= 0.3 is 5.97 Å². The minimum Gasteiger partial charge on any atom is -0.465 e. The number of aromatic nitrogens is 2. The van der Waals surface area contributed by atoms with Crippen molar-refractivity contribution in [2.75, 3.05) is 19.0 Å². The van der Waals surface area contributed by atoms with Crippen molar-refractivity contribution in [2.24, 2.45) is 0 Å². The molecule has 2 aromatic heterocycles. The molecule has 1 unspecified atom stereocenters. The predicted octanol–water partition coefficient (Wildman–Crippen LogP) is 4.46. The van der Waals surface area contributed by atoms with Gasteiger partial charge in [0.2, 0.25) is 0 Å². The van der Waals surface area contributed by atoms with Gasteiger partial charge in [0.1, 0.15) is 0 Å². The fourth-order valence-electron chi connectivity index (χ4n) is 3.79. The number of hydrogen-bond donors (Lipinski definition) is 1. The molecule has 1 aromatic carbocycles. The lowest BCUT2D eigenvalue weighted by molar-refractivity contribution is 0.0601. The van der Waals surface area contributed by atoms with Crippen LogP contribution in [-0.4, -0.2) is 29.6 Å². The molecule has 0 radical (unpaired) electrons. The lowest BCUT2D eigenvalue weighted by Gasteiger charge is -2.26. The van der Waals surface area contributed by atoms with Gasteiger partial charge in [0.05, 0.1) is 30.3 Å². The van der Waals surface area contributed by atoms with E-state index in [2.05, 4.69) is 34.6 Å². The average molecular weight is 373 g/mol. The number of pyridine rings is 2. The van der Waals surface area contributed by atoms with Gasteiger partial charge in [-0.15, -0.1) is 0 Å². The highest BCUT2D eigenvalue weighted by molar-refractivity contribution is 5.95. The highest BCUT2D eigenvalue weighted by Crippen LogP contribution is 2.33. The molecule has 2 heterocycles. The van der Waals surface area contributed by atoms with Crippen LogP contribution in [0.3, 0.4) is 0 Å². The predicted molar refractivity (Wildman–Crippen MR) is 109 cm³/mol. The molecule has 0 saturated carbocycles. The monoisotopic (exact) mass is 373 g/mol. The van der Waals surface area contributed by atoms with Crippen LogP contribution in [0.2, 0.25) is 0 Å². The molecule has 5 heteroatoms. The van der Waals surface area contributed by atoms with Crippen molar-refractivity contribution in [3.8, 4) is 11.3 Å². The molecule has 1 aliphatic carbocycles. The van der Waals surface area contributed by atoms with E-state index in [4.69, 9.17) is 9.72 Å². The number of ether oxygens (including phenoxy) is 1. The van der Waals surface area contributed by atoms with Gasteiger partial charge in [-0.1, -0.05) is 36.4 Å². The highest BCUT2D eigenvalue weighted by atomic mass is 16.5. The van der Waals surface area contributed by atoms with E-state index in [-0.39, 0.29) is 5.97 Å². The van der Waals surface area contributed by atoms with Crippen LogP contribution in [0.1, 0.15) is 40.4 Å². The summed E-state index contributed by atoms with van der Waals surface area (Å²) >= 11 is 0. The standard InChI is InChI=1S/C23H23N3O2/c1-28-23(27)19-12-13-24-15-22(19)25-14-17-8-5-9-21-18(17)10-11-20(26-21)16-6-3-2-4-7-16/h2-4,6-7,10-13,15,17,25H,5,8-9,14H2,1H3. The number of fused-ring (bicyclic) bond motifs is 1. The Bertz CT molecular complexity index is 973. The van der Waals surface area contributed by atoms with E-state index in [0.717, 1.165) is 37.1 Å². The number of esters is 1. The molecule has 1 aliphatic rings. The van der Waals surface area contributed by atoms with Crippen LogP contribution >= 0.6 is 0 Å². The number of benzene rings is 1. The number of carbonyl (C=O) groups excluding carboxylic acids is 1. The molecule has 142 valence electrons. The van der Waals surface area contributed by atoms with E-state index in [1.54, 1.807) is 18.5 Å². The van der Waals surface area contributed by atoms with E-state index in [1.807, 2.05) is 18.2 Å². The van der Waals surface area contributed by atoms with Crippen LogP contribution in [0.4, 0.5) is 5.69 Å². The molecular formula is C23H23N3O2. The lowest BCUT2D eigenvalue weighted by Crippen LogP contribution is -2.20. The number of carbonyl (C=O) groups is 1. The molecule has 0 amide bonds. The number of methoxy groups -OCH3 is 1. The molecule has 0 fully saturated rings. The van der Waals surface area contributed by atoms with Crippen molar-refractivity contribution in [1.82, 2.24) is 9.97 Å². The molecule has 0 spiro atoms. The molecule has 1 N–H and O–H groups in total. The first-order valence-corrected chi connectivity index (χ1v) is 9.57. The van der Waals surface area contributed by atoms with Gasteiger partial charge in [0, 0.05) is 29.9 Å². The van der Waals surface area contributed by atoms with Gasteiger partial charge in [-0.05, 0) is 37.0 Å². The Labute approximate surface area is 164 Å². The summed E-state index contributed by atoms with van der Waals surface area (Å²) in [5.41, 5.74) is 5.85. The van der Waals surface area contributed by atoms with Crippen LogP contribution < -0.4 is 5.32 Å². The normalized spacial score (nSPS) is 15.5. The van der Waals surface area contributed by atoms with Crippen molar-refractivity contribution in [2.45, 2.75) is 25.2 Å². The summed E-state index contributed by atoms with van der Waals surface area (Å²) in [5.74, 6) is -0.00473. The van der Waals surface area contributed by atoms with E-state index < -0.39 is 0 Å². The zero-order chi connectivity index (χ0) is 19.3. The average Bonchev–Trinajstić information content (AvgIpc) is 2.77. The van der Waals surface area contributed by atoms with Crippen molar-refractivity contribution in [1.29, 1.82) is 0 Å². The van der Waals surface area contributed by atoms with Crippen molar-refractivity contribution in [3.05, 3.63) is 77.7 Å². The third kappa shape index (κ3) is 3.74. The number of aryl methyl sites for hydroxylation is 1. The first-order valence-electron chi connectivity index (χ1n) is 9.57. The van der Waals surface area contributed by atoms with Crippen LogP contribution in [0, 0.1) is 0 Å². The quantitative estimate of drug-likeness (QED) is 0.669. The molecule has 3 aromatic rings. The van der Waals surface area contributed by atoms with Gasteiger partial charge in [0.15, 0.2) is 0 Å². The third-order valence-electron chi connectivity index (χ3n) is 5.25. The third-order valence-corrected chi connectivity index (χ3v) is 5.25. The van der Waals surface area contributed by atoms with E-state index in [1.165, 1.54) is 18.4 Å². The summed E-state index contributed by atoms with van der Waals surface area (Å²) in [5, 5.41) is 3.39. The Kier molecular flexibility index (Phi) is 5.33. The van der Waals surface area contributed by atoms with E-state index >= 15 is 0 Å². The van der Waals surface area contributed by atoms with Gasteiger partial charge in [-0.3, -0.25) is 9.97 Å². The molecular weight excluding hydrogens is 350 g/mol. The summed E-state index contributed by atoms with van der Waals surface area (Å²) in [6, 6.07) is 16.3. The SMILES string of the molecule is COC(=O)c1ccncc1NCC1CCCc2nc(-c3ccccc3)ccc21. The maximum absolute atomic E-state index is 12.0. The molecule has 0 aliphatic heterocycles. The van der Waals surface area contributed by atoms with Gasteiger partial charge < -0.3 is 10.1 Å². The Morgan fingerprint density at radius 2 is 2.04 bits per heavy atom. The Balaban J connectivity index is 1.54. The minimum atomic E-state index is -0.358. The molecule has 5 nitrogen and oxygen atoms in total. The van der Waals surface area contributed by atoms with Crippen molar-refractivity contribution in [3.63, 3.8) is 0 Å². The van der Waals surface area contributed by atoms with Gasteiger partial charge in [-0.25, -0.2) is 4.79 Å². The second-order valence-electron chi connectivity index (χ2n) is 6.98. The number of nitrogens with zero attached hydrogens (tertiary/aromatic N) is 2. The molecule has 0 bridgehead atoms. The van der Waals surface area contributed by atoms with Crippen LogP contribution in [0.25, 0.3) is 11.3 Å². The number of anilines is 1. The maximum Gasteiger partial charge on any atom is 0.340 e. The van der Waals surface area contributed by atoms with Crippen LogP contribution in [0.15, 0.2) is 60.9 Å². The fraction of sp³-hybridized carbons (Fsp3) is 0.261. The summed E-state index contributed by atoms with van der Waals surface area (Å²) < 4.78 is 4.86. The van der Waals surface area contributed by atoms with Crippen molar-refractivity contribution >= 4 is 11.7 Å². The van der Waals surface area contributed by atoms with E-state index in [0.29, 0.717) is 17.2 Å². The molecule has 1 atom stereocenters. The zero-order valence-corrected chi connectivity index (χ0v) is 15.9. The maximum atomic E-state index is 12.0. The fourth-order valence-corrected chi connectivity index (χ4v) is 3.79. The zero-order valence-electron chi connectivity index (χ0n) is 15.9. The number of nitrogens with one attached hydrogen (secondary N) is 1. The summed E-state index contributed by atoms with van der Waals surface area (Å²) in [7, 11) is 1.39. The Morgan fingerprint density at radius 1 is 1.18 bits per heavy atom. The van der Waals surface area contributed by atoms with E-state index in [9.17, 15) is 4.79 Å². The summed E-state index contributed by atoms with van der Waals surface area (Å²) in [6.07, 6.45) is 6.49. The Morgan fingerprint density at radius 3 is 2.86 bits per heavy atom. The number of hydrogen-bond acceptors (Lipinski definition) is 5. The topological polar surface area (TPSA) is 64.1 Å². The lowest BCUT2D eigenvalue weighted by atomic mass is 9.85. The molecule has 4 rings (SSSR count). The molecule has 0 saturated heterocycles. The minimum absolute atomic E-state index is 0.353. The second kappa shape index (κ2) is 8.21. The first-order chi connectivity index (χ1) is 13.8.